The highest BCUT2D eigenvalue weighted by Gasteiger charge is 2.52. The van der Waals surface area contributed by atoms with Crippen LogP contribution in [0, 0.1) is 11.8 Å². The third kappa shape index (κ3) is 4.54. The fraction of sp³-hybridized carbons (Fsp3) is 0.452. The SMILES string of the molecule is O=C(NC1CCCCC1)C(C1CCCCC1)C1(c2ccc(-c3ccccc3)s2)Nc2ccccc2N1. The molecule has 3 N–H and O–H groups in total. The van der Waals surface area contributed by atoms with Gasteiger partial charge in [-0.25, -0.2) is 0 Å². The molecule has 1 atom stereocenters. The minimum Gasteiger partial charge on any atom is -0.356 e. The van der Waals surface area contributed by atoms with E-state index < -0.39 is 5.66 Å². The first-order chi connectivity index (χ1) is 17.7. The molecule has 2 saturated carbocycles. The number of amides is 1. The zero-order valence-corrected chi connectivity index (χ0v) is 21.8. The molecule has 2 aliphatic carbocycles. The van der Waals surface area contributed by atoms with Crippen molar-refractivity contribution < 1.29 is 4.79 Å². The minimum atomic E-state index is -0.651. The van der Waals surface area contributed by atoms with E-state index in [1.807, 2.05) is 0 Å². The summed E-state index contributed by atoms with van der Waals surface area (Å²) in [6.07, 6.45) is 11.9. The lowest BCUT2D eigenvalue weighted by molar-refractivity contribution is -0.130. The minimum absolute atomic E-state index is 0.186. The standard InChI is InChI=1S/C31H37N3OS/c35-30(32-24-16-8-3-9-17-24)29(23-14-6-2-7-15-23)31(33-25-18-10-11-19-26(25)34-31)28-21-20-27(36-28)22-12-4-1-5-13-22/h1,4-5,10-13,18-21,23-24,29,33-34H,2-3,6-9,14-17H2,(H,32,35). The highest BCUT2D eigenvalue weighted by atomic mass is 32.1. The molecule has 2 fully saturated rings. The smallest absolute Gasteiger partial charge is 0.228 e. The van der Waals surface area contributed by atoms with Crippen molar-refractivity contribution in [2.75, 3.05) is 10.6 Å². The predicted molar refractivity (Wildman–Crippen MR) is 150 cm³/mol. The van der Waals surface area contributed by atoms with E-state index in [2.05, 4.69) is 82.7 Å². The maximum atomic E-state index is 14.3. The van der Waals surface area contributed by atoms with Gasteiger partial charge in [-0.3, -0.25) is 4.79 Å². The van der Waals surface area contributed by atoms with Gasteiger partial charge in [-0.2, -0.15) is 0 Å². The van der Waals surface area contributed by atoms with Crippen molar-refractivity contribution in [3.8, 4) is 10.4 Å². The van der Waals surface area contributed by atoms with E-state index >= 15 is 0 Å². The van der Waals surface area contributed by atoms with Crippen molar-refractivity contribution in [2.24, 2.45) is 11.8 Å². The first-order valence-electron chi connectivity index (χ1n) is 13.8. The van der Waals surface area contributed by atoms with Gasteiger partial charge in [-0.1, -0.05) is 81.0 Å². The second-order valence-electron chi connectivity index (χ2n) is 10.9. The molecule has 36 heavy (non-hydrogen) atoms. The first kappa shape index (κ1) is 23.6. The first-order valence-corrected chi connectivity index (χ1v) is 14.7. The Kier molecular flexibility index (Phi) is 6.75. The van der Waals surface area contributed by atoms with E-state index in [9.17, 15) is 4.79 Å². The Labute approximate surface area is 218 Å². The van der Waals surface area contributed by atoms with Crippen molar-refractivity contribution in [1.29, 1.82) is 0 Å². The van der Waals surface area contributed by atoms with E-state index in [1.54, 1.807) is 11.3 Å². The second kappa shape index (κ2) is 10.3. The lowest BCUT2D eigenvalue weighted by atomic mass is 9.72. The molecule has 3 aromatic rings. The van der Waals surface area contributed by atoms with E-state index in [1.165, 1.54) is 53.8 Å². The number of fused-ring (bicyclic) bond motifs is 1. The van der Waals surface area contributed by atoms with Crippen LogP contribution in [0.4, 0.5) is 11.4 Å². The molecule has 6 rings (SSSR count). The lowest BCUT2D eigenvalue weighted by Gasteiger charge is -2.43. The summed E-state index contributed by atoms with van der Waals surface area (Å²) in [5, 5.41) is 11.3. The quantitative estimate of drug-likeness (QED) is 0.325. The van der Waals surface area contributed by atoms with E-state index in [0.717, 1.165) is 37.1 Å². The second-order valence-corrected chi connectivity index (χ2v) is 11.9. The third-order valence-electron chi connectivity index (χ3n) is 8.47. The van der Waals surface area contributed by atoms with Crippen molar-refractivity contribution in [3.63, 3.8) is 0 Å². The molecule has 2 aromatic carbocycles. The number of thiophene rings is 1. The normalized spacial score (nSPS) is 20.7. The van der Waals surface area contributed by atoms with Crippen molar-refractivity contribution >= 4 is 28.6 Å². The number of para-hydroxylation sites is 2. The number of hydrogen-bond donors (Lipinski definition) is 3. The van der Waals surface area contributed by atoms with Gasteiger partial charge in [0.05, 0.1) is 22.2 Å². The van der Waals surface area contributed by atoms with Crippen molar-refractivity contribution in [3.05, 3.63) is 71.6 Å². The Morgan fingerprint density at radius 1 is 0.778 bits per heavy atom. The van der Waals surface area contributed by atoms with Crippen LogP contribution in [-0.4, -0.2) is 11.9 Å². The number of carbonyl (C=O) groups is 1. The Balaban J connectivity index is 1.42. The summed E-state index contributed by atoms with van der Waals surface area (Å²) in [6.45, 7) is 0. The summed E-state index contributed by atoms with van der Waals surface area (Å²) in [4.78, 5) is 16.7. The molecule has 0 radical (unpaired) electrons. The highest BCUT2D eigenvalue weighted by molar-refractivity contribution is 7.15. The number of hydrogen-bond acceptors (Lipinski definition) is 4. The van der Waals surface area contributed by atoms with Gasteiger partial charge in [0.15, 0.2) is 5.66 Å². The predicted octanol–water partition coefficient (Wildman–Crippen LogP) is 7.75. The van der Waals surface area contributed by atoms with Gasteiger partial charge in [-0.05, 0) is 61.4 Å². The Bertz CT molecular complexity index is 1150. The molecule has 188 valence electrons. The van der Waals surface area contributed by atoms with Crippen LogP contribution in [0.1, 0.15) is 69.1 Å². The molecule has 1 amide bonds. The molecule has 0 spiro atoms. The Hall–Kier alpha value is -2.79. The average Bonchev–Trinajstić information content (AvgIpc) is 3.57. The molecular formula is C31H37N3OS. The largest absolute Gasteiger partial charge is 0.356 e. The van der Waals surface area contributed by atoms with Gasteiger partial charge in [-0.15, -0.1) is 11.3 Å². The number of anilines is 2. The van der Waals surface area contributed by atoms with Crippen LogP contribution in [0.5, 0.6) is 0 Å². The summed E-state index contributed by atoms with van der Waals surface area (Å²) in [7, 11) is 0. The maximum Gasteiger partial charge on any atom is 0.228 e. The van der Waals surface area contributed by atoms with Gasteiger partial charge in [0.1, 0.15) is 0 Å². The molecule has 1 aliphatic heterocycles. The van der Waals surface area contributed by atoms with E-state index in [0.29, 0.717) is 12.0 Å². The molecule has 0 saturated heterocycles. The molecule has 5 heteroatoms. The van der Waals surface area contributed by atoms with Gasteiger partial charge < -0.3 is 16.0 Å². The van der Waals surface area contributed by atoms with Gasteiger partial charge in [0.2, 0.25) is 5.91 Å². The fourth-order valence-electron chi connectivity index (χ4n) is 6.67. The fourth-order valence-corrected chi connectivity index (χ4v) is 7.82. The monoisotopic (exact) mass is 499 g/mol. The Morgan fingerprint density at radius 2 is 1.39 bits per heavy atom. The molecule has 4 nitrogen and oxygen atoms in total. The molecule has 1 aromatic heterocycles. The molecule has 2 heterocycles. The summed E-state index contributed by atoms with van der Waals surface area (Å²) in [5.41, 5.74) is 2.74. The molecular weight excluding hydrogens is 462 g/mol. The van der Waals surface area contributed by atoms with Crippen LogP contribution >= 0.6 is 11.3 Å². The lowest BCUT2D eigenvalue weighted by Crippen LogP contribution is -2.56. The number of benzene rings is 2. The Morgan fingerprint density at radius 3 is 2.06 bits per heavy atom. The van der Waals surface area contributed by atoms with Crippen LogP contribution in [0.3, 0.4) is 0 Å². The van der Waals surface area contributed by atoms with Crippen LogP contribution < -0.4 is 16.0 Å². The average molecular weight is 500 g/mol. The molecule has 1 unspecified atom stereocenters. The topological polar surface area (TPSA) is 53.2 Å². The van der Waals surface area contributed by atoms with Crippen LogP contribution in [0.25, 0.3) is 10.4 Å². The number of nitrogens with one attached hydrogen (secondary N) is 3. The van der Waals surface area contributed by atoms with Crippen molar-refractivity contribution in [1.82, 2.24) is 5.32 Å². The summed E-state index contributed by atoms with van der Waals surface area (Å²) in [6, 6.07) is 23.8. The van der Waals surface area contributed by atoms with E-state index in [4.69, 9.17) is 0 Å². The van der Waals surface area contributed by atoms with Crippen molar-refractivity contribution in [2.45, 2.75) is 75.9 Å². The van der Waals surface area contributed by atoms with Gasteiger partial charge >= 0.3 is 0 Å². The third-order valence-corrected chi connectivity index (χ3v) is 9.74. The summed E-state index contributed by atoms with van der Waals surface area (Å²) < 4.78 is 0. The summed E-state index contributed by atoms with van der Waals surface area (Å²) >= 11 is 1.80. The van der Waals surface area contributed by atoms with E-state index in [-0.39, 0.29) is 11.8 Å². The van der Waals surface area contributed by atoms with Crippen LogP contribution in [0.2, 0.25) is 0 Å². The molecule has 0 bridgehead atoms. The maximum absolute atomic E-state index is 14.3. The highest BCUT2D eigenvalue weighted by Crippen LogP contribution is 2.51. The van der Waals surface area contributed by atoms with Gasteiger partial charge in [0, 0.05) is 10.9 Å². The van der Waals surface area contributed by atoms with Crippen LogP contribution in [0.15, 0.2) is 66.7 Å². The number of carbonyl (C=O) groups excluding carboxylic acids is 1. The van der Waals surface area contributed by atoms with Gasteiger partial charge in [0.25, 0.3) is 0 Å². The summed E-state index contributed by atoms with van der Waals surface area (Å²) in [5.74, 6) is 0.379. The molecule has 3 aliphatic rings. The van der Waals surface area contributed by atoms with Crippen LogP contribution in [-0.2, 0) is 10.5 Å². The number of rotatable bonds is 6. The zero-order chi connectivity index (χ0) is 24.4. The zero-order valence-electron chi connectivity index (χ0n) is 21.0.